The number of nitrogen functional groups attached to an aromatic ring is 1. The molecule has 1 rings (SSSR count). The quantitative estimate of drug-likeness (QED) is 0.550. The van der Waals surface area contributed by atoms with Crippen LogP contribution in [0.1, 0.15) is 35.9 Å². The van der Waals surface area contributed by atoms with Gasteiger partial charge in [-0.25, -0.2) is 0 Å². The molecule has 0 saturated carbocycles. The lowest BCUT2D eigenvalue weighted by molar-refractivity contribution is 0.0686. The Bertz CT molecular complexity index is 406. The molecule has 0 radical (unpaired) electrons. The highest BCUT2D eigenvalue weighted by atomic mass is 16.5. The molecule has 1 aromatic rings. The van der Waals surface area contributed by atoms with E-state index < -0.39 is 0 Å². The number of hydrogen-bond acceptors (Lipinski definition) is 5. The Morgan fingerprint density at radius 1 is 1.35 bits per heavy atom. The van der Waals surface area contributed by atoms with Crippen LogP contribution in [0.3, 0.4) is 0 Å². The number of carbonyl (C=O) groups is 1. The number of H-pyrrole nitrogens is 1. The first-order valence-electron chi connectivity index (χ1n) is 6.88. The van der Waals surface area contributed by atoms with E-state index in [0.717, 1.165) is 25.0 Å². The van der Waals surface area contributed by atoms with E-state index in [9.17, 15) is 4.79 Å². The number of nitrogens with one attached hydrogen (secondary N) is 2. The van der Waals surface area contributed by atoms with E-state index >= 15 is 0 Å². The Hall–Kier alpha value is -1.60. The summed E-state index contributed by atoms with van der Waals surface area (Å²) in [7, 11) is 1.64. The molecule has 1 amide bonds. The van der Waals surface area contributed by atoms with Crippen LogP contribution in [0.5, 0.6) is 0 Å². The number of ether oxygens (including phenoxy) is 2. The van der Waals surface area contributed by atoms with Crippen molar-refractivity contribution in [3.8, 4) is 0 Å². The van der Waals surface area contributed by atoms with Gasteiger partial charge in [-0.2, -0.15) is 5.10 Å². The predicted octanol–water partition coefficient (Wildman–Crippen LogP) is 0.727. The molecule has 0 saturated heterocycles. The lowest BCUT2D eigenvalue weighted by atomic mass is 10.2. The number of rotatable bonds is 10. The van der Waals surface area contributed by atoms with Gasteiger partial charge in [-0.3, -0.25) is 9.89 Å². The molecule has 4 N–H and O–H groups in total. The van der Waals surface area contributed by atoms with Crippen molar-refractivity contribution in [3.05, 3.63) is 11.4 Å². The molecule has 7 nitrogen and oxygen atoms in total. The molecule has 0 bridgehead atoms. The van der Waals surface area contributed by atoms with Gasteiger partial charge in [0.2, 0.25) is 0 Å². The van der Waals surface area contributed by atoms with E-state index in [1.807, 2.05) is 6.92 Å². The summed E-state index contributed by atoms with van der Waals surface area (Å²) >= 11 is 0. The van der Waals surface area contributed by atoms with Gasteiger partial charge < -0.3 is 20.5 Å². The Kier molecular flexibility index (Phi) is 7.67. The van der Waals surface area contributed by atoms with E-state index in [4.69, 9.17) is 15.2 Å². The Labute approximate surface area is 119 Å². The average Bonchev–Trinajstić information content (AvgIpc) is 2.82. The standard InChI is InChI=1S/C13H24N4O3/c1-3-10-11(14)12(17-16-10)13(18)15-6-4-5-7-20-9-8-19-2/h3-9,14H2,1-2H3,(H,15,18)(H,16,17). The van der Waals surface area contributed by atoms with Crippen molar-refractivity contribution in [1.82, 2.24) is 15.5 Å². The predicted molar refractivity (Wildman–Crippen MR) is 76.6 cm³/mol. The van der Waals surface area contributed by atoms with Crippen molar-refractivity contribution in [2.75, 3.05) is 39.2 Å². The van der Waals surface area contributed by atoms with Crippen LogP contribution in [0.25, 0.3) is 0 Å². The third-order valence-corrected chi connectivity index (χ3v) is 2.88. The molecule has 0 fully saturated rings. The normalized spacial score (nSPS) is 10.7. The second kappa shape index (κ2) is 9.33. The topological polar surface area (TPSA) is 102 Å². The van der Waals surface area contributed by atoms with Gasteiger partial charge >= 0.3 is 0 Å². The van der Waals surface area contributed by atoms with E-state index in [0.29, 0.717) is 32.1 Å². The Morgan fingerprint density at radius 3 is 2.80 bits per heavy atom. The van der Waals surface area contributed by atoms with Gasteiger partial charge in [0.25, 0.3) is 5.91 Å². The monoisotopic (exact) mass is 284 g/mol. The minimum atomic E-state index is -0.237. The highest BCUT2D eigenvalue weighted by molar-refractivity contribution is 5.97. The van der Waals surface area contributed by atoms with Gasteiger partial charge in [0.05, 0.1) is 24.6 Å². The third kappa shape index (κ3) is 5.18. The lowest BCUT2D eigenvalue weighted by Crippen LogP contribution is -2.25. The van der Waals surface area contributed by atoms with Crippen molar-refractivity contribution in [2.45, 2.75) is 26.2 Å². The van der Waals surface area contributed by atoms with Gasteiger partial charge in [0.1, 0.15) is 0 Å². The summed E-state index contributed by atoms with van der Waals surface area (Å²) in [5.74, 6) is -0.237. The summed E-state index contributed by atoms with van der Waals surface area (Å²) in [6.07, 6.45) is 2.47. The fourth-order valence-electron chi connectivity index (χ4n) is 1.69. The van der Waals surface area contributed by atoms with Gasteiger partial charge in [-0.1, -0.05) is 6.92 Å². The number of anilines is 1. The molecule has 0 spiro atoms. The number of nitrogens with two attached hydrogens (primary N) is 1. The fraction of sp³-hybridized carbons (Fsp3) is 0.692. The van der Waals surface area contributed by atoms with Crippen molar-refractivity contribution in [3.63, 3.8) is 0 Å². The van der Waals surface area contributed by atoms with Crippen molar-refractivity contribution in [2.24, 2.45) is 0 Å². The summed E-state index contributed by atoms with van der Waals surface area (Å²) in [4.78, 5) is 11.8. The average molecular weight is 284 g/mol. The van der Waals surface area contributed by atoms with Crippen LogP contribution < -0.4 is 11.1 Å². The highest BCUT2D eigenvalue weighted by Gasteiger charge is 2.15. The zero-order valence-electron chi connectivity index (χ0n) is 12.2. The second-order valence-electron chi connectivity index (χ2n) is 4.39. The van der Waals surface area contributed by atoms with Crippen molar-refractivity contribution in [1.29, 1.82) is 0 Å². The summed E-state index contributed by atoms with van der Waals surface area (Å²) < 4.78 is 10.2. The van der Waals surface area contributed by atoms with Crippen LogP contribution in [0, 0.1) is 0 Å². The van der Waals surface area contributed by atoms with E-state index in [-0.39, 0.29) is 11.6 Å². The Morgan fingerprint density at radius 2 is 2.15 bits per heavy atom. The zero-order chi connectivity index (χ0) is 14.8. The van der Waals surface area contributed by atoms with Gasteiger partial charge in [0, 0.05) is 20.3 Å². The number of aromatic amines is 1. The minimum Gasteiger partial charge on any atom is -0.395 e. The van der Waals surface area contributed by atoms with E-state index in [1.54, 1.807) is 7.11 Å². The second-order valence-corrected chi connectivity index (χ2v) is 4.39. The lowest BCUT2D eigenvalue weighted by Gasteiger charge is -2.05. The summed E-state index contributed by atoms with van der Waals surface area (Å²) in [6, 6.07) is 0. The number of aromatic nitrogens is 2. The number of nitrogens with zero attached hydrogens (tertiary/aromatic N) is 1. The van der Waals surface area contributed by atoms with Gasteiger partial charge in [-0.05, 0) is 19.3 Å². The molecule has 0 aliphatic rings. The van der Waals surface area contributed by atoms with Crippen LogP contribution in [-0.4, -0.2) is 49.6 Å². The molecule has 0 aromatic carbocycles. The molecule has 0 atom stereocenters. The minimum absolute atomic E-state index is 0.237. The molecule has 20 heavy (non-hydrogen) atoms. The first-order valence-corrected chi connectivity index (χ1v) is 6.88. The smallest absolute Gasteiger partial charge is 0.273 e. The van der Waals surface area contributed by atoms with E-state index in [2.05, 4.69) is 15.5 Å². The van der Waals surface area contributed by atoms with Crippen LogP contribution in [0.15, 0.2) is 0 Å². The zero-order valence-corrected chi connectivity index (χ0v) is 12.2. The largest absolute Gasteiger partial charge is 0.395 e. The number of methoxy groups -OCH3 is 1. The molecule has 0 aliphatic carbocycles. The molecule has 1 heterocycles. The molecule has 0 unspecified atom stereocenters. The molecule has 0 aliphatic heterocycles. The number of unbranched alkanes of at least 4 members (excludes halogenated alkanes) is 1. The van der Waals surface area contributed by atoms with Crippen LogP contribution in [0.2, 0.25) is 0 Å². The van der Waals surface area contributed by atoms with Gasteiger partial charge in [-0.15, -0.1) is 0 Å². The molecular weight excluding hydrogens is 260 g/mol. The fourth-order valence-corrected chi connectivity index (χ4v) is 1.69. The summed E-state index contributed by atoms with van der Waals surface area (Å²) in [5.41, 5.74) is 7.33. The molecule has 1 aromatic heterocycles. The van der Waals surface area contributed by atoms with Crippen LogP contribution >= 0.6 is 0 Å². The van der Waals surface area contributed by atoms with Crippen LogP contribution in [-0.2, 0) is 15.9 Å². The SMILES string of the molecule is CCc1[nH]nc(C(=O)NCCCCOCCOC)c1N. The number of hydrogen-bond donors (Lipinski definition) is 3. The first-order chi connectivity index (χ1) is 9.70. The molecule has 114 valence electrons. The summed E-state index contributed by atoms with van der Waals surface area (Å²) in [5, 5.41) is 9.50. The molecular formula is C13H24N4O3. The van der Waals surface area contributed by atoms with Crippen molar-refractivity contribution < 1.29 is 14.3 Å². The maximum atomic E-state index is 11.8. The number of aryl methyl sites for hydroxylation is 1. The van der Waals surface area contributed by atoms with Crippen molar-refractivity contribution >= 4 is 11.6 Å². The Balaban J connectivity index is 2.15. The first kappa shape index (κ1) is 16.5. The van der Waals surface area contributed by atoms with E-state index in [1.165, 1.54) is 0 Å². The third-order valence-electron chi connectivity index (χ3n) is 2.88. The maximum absolute atomic E-state index is 11.8. The number of carbonyl (C=O) groups excluding carboxylic acids is 1. The highest BCUT2D eigenvalue weighted by Crippen LogP contribution is 2.13. The number of amides is 1. The summed E-state index contributed by atoms with van der Waals surface area (Å²) in [6.45, 7) is 4.42. The van der Waals surface area contributed by atoms with Crippen LogP contribution in [0.4, 0.5) is 5.69 Å². The maximum Gasteiger partial charge on any atom is 0.273 e. The molecule has 7 heteroatoms. The van der Waals surface area contributed by atoms with Gasteiger partial charge in [0.15, 0.2) is 5.69 Å².